The van der Waals surface area contributed by atoms with E-state index in [2.05, 4.69) is 0 Å². The molecule has 0 aliphatic carbocycles. The number of amides is 2. The molecule has 0 saturated carbocycles. The van der Waals surface area contributed by atoms with Crippen LogP contribution in [0.4, 0.5) is 0 Å². The average molecular weight is 230 g/mol. The third-order valence-corrected chi connectivity index (χ3v) is 2.63. The van der Waals surface area contributed by atoms with Gasteiger partial charge in [0.05, 0.1) is 6.10 Å². The lowest BCUT2D eigenvalue weighted by molar-refractivity contribution is -0.152. The van der Waals surface area contributed by atoms with Gasteiger partial charge in [0.2, 0.25) is 11.8 Å². The quantitative estimate of drug-likeness (QED) is 0.491. The molecular formula is C9H14N2O5. The lowest BCUT2D eigenvalue weighted by Gasteiger charge is -2.23. The van der Waals surface area contributed by atoms with Crippen molar-refractivity contribution < 1.29 is 24.6 Å². The summed E-state index contributed by atoms with van der Waals surface area (Å²) in [6.07, 6.45) is -0.768. The number of rotatable bonds is 3. The molecule has 0 bridgehead atoms. The van der Waals surface area contributed by atoms with Crippen LogP contribution in [-0.2, 0) is 14.4 Å². The average Bonchev–Trinajstić information content (AvgIpc) is 2.58. The summed E-state index contributed by atoms with van der Waals surface area (Å²) in [5.41, 5.74) is 5.07. The van der Waals surface area contributed by atoms with Gasteiger partial charge < -0.3 is 20.8 Å². The molecule has 7 nitrogen and oxygen atoms in total. The molecule has 0 radical (unpaired) electrons. The van der Waals surface area contributed by atoms with Crippen LogP contribution in [0.3, 0.4) is 0 Å². The van der Waals surface area contributed by atoms with Crippen LogP contribution in [0.15, 0.2) is 0 Å². The molecule has 2 amide bonds. The predicted molar refractivity (Wildman–Crippen MR) is 52.1 cm³/mol. The Balaban J connectivity index is 2.82. The second-order valence-electron chi connectivity index (χ2n) is 3.86. The molecule has 1 aliphatic heterocycles. The molecule has 16 heavy (non-hydrogen) atoms. The van der Waals surface area contributed by atoms with Crippen molar-refractivity contribution in [2.75, 3.05) is 6.54 Å². The molecule has 0 spiro atoms. The Morgan fingerprint density at radius 1 is 1.44 bits per heavy atom. The monoisotopic (exact) mass is 230 g/mol. The van der Waals surface area contributed by atoms with Crippen LogP contribution in [-0.4, -0.2) is 51.6 Å². The van der Waals surface area contributed by atoms with Crippen molar-refractivity contribution in [3.05, 3.63) is 0 Å². The maximum atomic E-state index is 11.7. The van der Waals surface area contributed by atoms with E-state index in [4.69, 9.17) is 10.8 Å². The number of carboxylic acids is 1. The van der Waals surface area contributed by atoms with Gasteiger partial charge in [-0.05, 0) is 6.92 Å². The largest absolute Gasteiger partial charge is 0.481 e. The fourth-order valence-corrected chi connectivity index (χ4v) is 1.68. The van der Waals surface area contributed by atoms with Crippen molar-refractivity contribution in [2.24, 2.45) is 11.7 Å². The molecule has 3 atom stereocenters. The minimum Gasteiger partial charge on any atom is -0.481 e. The fourth-order valence-electron chi connectivity index (χ4n) is 1.68. The topological polar surface area (TPSA) is 121 Å². The van der Waals surface area contributed by atoms with Gasteiger partial charge in [0.1, 0.15) is 12.0 Å². The third kappa shape index (κ3) is 2.30. The van der Waals surface area contributed by atoms with E-state index >= 15 is 0 Å². The number of nitrogens with zero attached hydrogens (tertiary/aromatic N) is 1. The molecule has 1 aliphatic rings. The molecule has 1 saturated heterocycles. The number of aliphatic hydroxyl groups is 1. The van der Waals surface area contributed by atoms with Crippen molar-refractivity contribution in [1.29, 1.82) is 0 Å². The maximum Gasteiger partial charge on any atom is 0.315 e. The highest BCUT2D eigenvalue weighted by molar-refractivity contribution is 5.98. The van der Waals surface area contributed by atoms with E-state index in [1.807, 2.05) is 0 Å². The second kappa shape index (κ2) is 4.48. The van der Waals surface area contributed by atoms with Crippen LogP contribution in [0, 0.1) is 5.92 Å². The third-order valence-electron chi connectivity index (χ3n) is 2.63. The van der Waals surface area contributed by atoms with Gasteiger partial charge in [-0.15, -0.1) is 0 Å². The number of carbonyl (C=O) groups excluding carboxylic acids is 2. The normalized spacial score (nSPS) is 26.5. The van der Waals surface area contributed by atoms with Crippen molar-refractivity contribution in [1.82, 2.24) is 4.90 Å². The smallest absolute Gasteiger partial charge is 0.315 e. The highest BCUT2D eigenvalue weighted by Crippen LogP contribution is 2.20. The number of likely N-dealkylation sites (tertiary alicyclic amines) is 1. The van der Waals surface area contributed by atoms with E-state index in [1.165, 1.54) is 6.92 Å². The molecule has 0 aromatic heterocycles. The Kier molecular flexibility index (Phi) is 3.48. The van der Waals surface area contributed by atoms with E-state index in [0.29, 0.717) is 0 Å². The second-order valence-corrected chi connectivity index (χ2v) is 3.86. The van der Waals surface area contributed by atoms with E-state index in [1.54, 1.807) is 0 Å². The molecule has 4 N–H and O–H groups in total. The summed E-state index contributed by atoms with van der Waals surface area (Å²) in [6.45, 7) is 1.18. The highest BCUT2D eigenvalue weighted by Gasteiger charge is 2.40. The highest BCUT2D eigenvalue weighted by atomic mass is 16.4. The summed E-state index contributed by atoms with van der Waals surface area (Å²) in [5, 5.41) is 18.0. The van der Waals surface area contributed by atoms with Crippen LogP contribution < -0.4 is 5.73 Å². The number of primary amides is 1. The Hall–Kier alpha value is -1.63. The van der Waals surface area contributed by atoms with E-state index in [0.717, 1.165) is 4.90 Å². The number of hydrogen-bond donors (Lipinski definition) is 3. The van der Waals surface area contributed by atoms with Gasteiger partial charge in [0, 0.05) is 13.0 Å². The summed E-state index contributed by atoms with van der Waals surface area (Å²) in [7, 11) is 0. The van der Waals surface area contributed by atoms with E-state index in [-0.39, 0.29) is 13.0 Å². The number of carbonyl (C=O) groups is 3. The number of aliphatic hydroxyl groups excluding tert-OH is 1. The van der Waals surface area contributed by atoms with Crippen LogP contribution in [0.2, 0.25) is 0 Å². The number of aliphatic carboxylic acids is 1. The SMILES string of the molecule is CC(C(=O)O)C(=O)N1CC(O)CC1C(N)=O. The summed E-state index contributed by atoms with van der Waals surface area (Å²) >= 11 is 0. The Morgan fingerprint density at radius 3 is 2.44 bits per heavy atom. The van der Waals surface area contributed by atoms with Crippen molar-refractivity contribution >= 4 is 17.8 Å². The van der Waals surface area contributed by atoms with Crippen molar-refractivity contribution in [3.8, 4) is 0 Å². The zero-order valence-electron chi connectivity index (χ0n) is 8.79. The number of carboxylic acid groups (broad SMARTS) is 1. The van der Waals surface area contributed by atoms with Crippen LogP contribution in [0.1, 0.15) is 13.3 Å². The number of hydrogen-bond acceptors (Lipinski definition) is 4. The zero-order chi connectivity index (χ0) is 12.5. The summed E-state index contributed by atoms with van der Waals surface area (Å²) < 4.78 is 0. The molecule has 7 heteroatoms. The van der Waals surface area contributed by atoms with Crippen molar-refractivity contribution in [2.45, 2.75) is 25.5 Å². The number of β-amino-alcohol motifs (C(OH)–C–C–N with tert-alkyl or cyclic N) is 1. The lowest BCUT2D eigenvalue weighted by atomic mass is 10.1. The summed E-state index contributed by atoms with van der Waals surface area (Å²) in [6, 6.07) is -0.913. The predicted octanol–water partition coefficient (Wildman–Crippen LogP) is -1.85. The Bertz CT molecular complexity index is 330. The molecule has 90 valence electrons. The van der Waals surface area contributed by atoms with Crippen molar-refractivity contribution in [3.63, 3.8) is 0 Å². The first kappa shape index (κ1) is 12.4. The molecule has 3 unspecified atom stereocenters. The van der Waals surface area contributed by atoms with Gasteiger partial charge in [-0.1, -0.05) is 0 Å². The zero-order valence-corrected chi connectivity index (χ0v) is 8.79. The first-order valence-electron chi connectivity index (χ1n) is 4.85. The van der Waals surface area contributed by atoms with Crippen LogP contribution in [0.5, 0.6) is 0 Å². The van der Waals surface area contributed by atoms with Gasteiger partial charge in [-0.25, -0.2) is 0 Å². The van der Waals surface area contributed by atoms with Crippen LogP contribution in [0.25, 0.3) is 0 Å². The van der Waals surface area contributed by atoms with Gasteiger partial charge in [0.25, 0.3) is 0 Å². The van der Waals surface area contributed by atoms with Gasteiger partial charge in [-0.3, -0.25) is 14.4 Å². The molecule has 1 heterocycles. The number of nitrogens with two attached hydrogens (primary N) is 1. The van der Waals surface area contributed by atoms with Gasteiger partial charge in [-0.2, -0.15) is 0 Å². The first-order valence-corrected chi connectivity index (χ1v) is 4.85. The Labute approximate surface area is 91.8 Å². The minimum atomic E-state index is -1.27. The molecule has 0 aromatic carbocycles. The molecule has 1 fully saturated rings. The summed E-state index contributed by atoms with van der Waals surface area (Å²) in [4.78, 5) is 34.4. The Morgan fingerprint density at radius 2 is 2.00 bits per heavy atom. The van der Waals surface area contributed by atoms with Gasteiger partial charge in [0.15, 0.2) is 0 Å². The lowest BCUT2D eigenvalue weighted by Crippen LogP contribution is -2.47. The molecule has 1 rings (SSSR count). The van der Waals surface area contributed by atoms with E-state index in [9.17, 15) is 19.5 Å². The van der Waals surface area contributed by atoms with Crippen LogP contribution >= 0.6 is 0 Å². The first-order chi connectivity index (χ1) is 7.34. The standard InChI is InChI=1S/C9H14N2O5/c1-4(9(15)16)8(14)11-3-5(12)2-6(11)7(10)13/h4-6,12H,2-3H2,1H3,(H2,10,13)(H,15,16). The van der Waals surface area contributed by atoms with Gasteiger partial charge >= 0.3 is 5.97 Å². The minimum absolute atomic E-state index is 0.0515. The van der Waals surface area contributed by atoms with E-state index < -0.39 is 35.8 Å². The summed E-state index contributed by atoms with van der Waals surface area (Å²) in [5.74, 6) is -3.95. The fraction of sp³-hybridized carbons (Fsp3) is 0.667. The maximum absolute atomic E-state index is 11.7. The molecule has 0 aromatic rings. The molecular weight excluding hydrogens is 216 g/mol.